The Morgan fingerprint density at radius 1 is 1.02 bits per heavy atom. The molecule has 2 amide bonds. The number of rotatable bonds is 8. The Morgan fingerprint density at radius 3 is 2.30 bits per heavy atom. The molecule has 1 heterocycles. The Kier molecular flexibility index (Phi) is 6.97. The van der Waals surface area contributed by atoms with E-state index in [0.717, 1.165) is 23.0 Å². The molecule has 8 nitrogen and oxygen atoms in total. The van der Waals surface area contributed by atoms with E-state index in [2.05, 4.69) is 10.4 Å². The number of methoxy groups -OCH3 is 1. The maximum atomic E-state index is 15.4. The number of hydrogen-bond donors (Lipinski definition) is 2. The zero-order valence-corrected chi connectivity index (χ0v) is 24.3. The van der Waals surface area contributed by atoms with Crippen molar-refractivity contribution in [3.8, 4) is 5.75 Å². The fourth-order valence-electron chi connectivity index (χ4n) is 4.32. The maximum Gasteiger partial charge on any atom is 0.268 e. The third-order valence-corrected chi connectivity index (χ3v) is 8.96. The zero-order valence-electron chi connectivity index (χ0n) is 23.4. The molecule has 0 bridgehead atoms. The average Bonchev–Trinajstić information content (AvgIpc) is 3.29. The van der Waals surface area contributed by atoms with Gasteiger partial charge in [0.1, 0.15) is 30.0 Å². The van der Waals surface area contributed by atoms with Crippen molar-refractivity contribution in [2.75, 3.05) is 43.4 Å². The predicted molar refractivity (Wildman–Crippen MR) is 157 cm³/mol. The summed E-state index contributed by atoms with van der Waals surface area (Å²) in [5.41, 5.74) is 0.671. The zero-order chi connectivity index (χ0) is 29.5. The van der Waals surface area contributed by atoms with Crippen LogP contribution in [0.1, 0.15) is 11.6 Å². The van der Waals surface area contributed by atoms with Gasteiger partial charge in [0.25, 0.3) is 5.91 Å². The number of para-hydroxylation sites is 1. The van der Waals surface area contributed by atoms with Gasteiger partial charge in [0, 0.05) is 16.3 Å². The van der Waals surface area contributed by atoms with E-state index in [0.29, 0.717) is 16.3 Å². The van der Waals surface area contributed by atoms with E-state index >= 15 is 8.78 Å². The highest BCUT2D eigenvalue weighted by Crippen LogP contribution is 2.81. The number of halogens is 2. The second-order valence-corrected chi connectivity index (χ2v) is 23.3. The molecule has 0 saturated carbocycles. The Hall–Kier alpha value is -3.96. The van der Waals surface area contributed by atoms with Crippen molar-refractivity contribution in [1.82, 2.24) is 15.1 Å². The SMILES string of the molecule is COc1ccc(C(NC(=O)Cn2ncc3ccccc32)C(=O)N(N)c2cc(F)c(S(C)(C)(C)(C)C)cc2F)cc1. The van der Waals surface area contributed by atoms with Gasteiger partial charge in [-0.25, -0.2) is 19.6 Å². The largest absolute Gasteiger partial charge is 0.497 e. The number of anilines is 1. The second-order valence-electron chi connectivity index (χ2n) is 12.7. The normalized spacial score (nSPS) is 14.2. The van der Waals surface area contributed by atoms with Crippen LogP contribution in [0.3, 0.4) is 0 Å². The molecule has 40 heavy (non-hydrogen) atoms. The molecule has 4 rings (SSSR count). The number of hydrogen-bond acceptors (Lipinski definition) is 5. The first kappa shape index (κ1) is 29.0. The number of aromatic nitrogens is 2. The number of carbonyl (C=O) groups is 2. The fourth-order valence-corrected chi connectivity index (χ4v) is 6.05. The first-order chi connectivity index (χ1) is 18.5. The highest BCUT2D eigenvalue weighted by atomic mass is 32.4. The summed E-state index contributed by atoms with van der Waals surface area (Å²) in [5.74, 6) is 3.72. The Balaban J connectivity index is 1.67. The smallest absolute Gasteiger partial charge is 0.268 e. The van der Waals surface area contributed by atoms with E-state index < -0.39 is 43.5 Å². The van der Waals surface area contributed by atoms with Gasteiger partial charge < -0.3 is 10.1 Å². The fraction of sp³-hybridized carbons (Fsp3) is 0.276. The number of hydrazine groups is 1. The van der Waals surface area contributed by atoms with Gasteiger partial charge in [-0.05, 0) is 61.1 Å². The molecule has 0 aliphatic carbocycles. The highest BCUT2D eigenvalue weighted by molar-refractivity contribution is 8.62. The molecule has 0 spiro atoms. The summed E-state index contributed by atoms with van der Waals surface area (Å²) in [5, 5.41) is 8.33. The molecule has 214 valence electrons. The van der Waals surface area contributed by atoms with Crippen LogP contribution in [0.4, 0.5) is 14.5 Å². The number of benzene rings is 3. The van der Waals surface area contributed by atoms with Crippen LogP contribution in [0.2, 0.25) is 0 Å². The van der Waals surface area contributed by atoms with Gasteiger partial charge >= 0.3 is 0 Å². The van der Waals surface area contributed by atoms with E-state index in [4.69, 9.17) is 10.6 Å². The molecule has 11 heteroatoms. The van der Waals surface area contributed by atoms with Crippen LogP contribution in [0.15, 0.2) is 71.8 Å². The topological polar surface area (TPSA) is 102 Å². The molecule has 1 atom stereocenters. The van der Waals surface area contributed by atoms with Crippen molar-refractivity contribution < 1.29 is 23.1 Å². The molecule has 1 unspecified atom stereocenters. The van der Waals surface area contributed by atoms with Crippen LogP contribution in [-0.4, -0.2) is 60.0 Å². The third-order valence-electron chi connectivity index (χ3n) is 6.44. The molecular weight excluding hydrogens is 536 g/mol. The lowest BCUT2D eigenvalue weighted by molar-refractivity contribution is -0.128. The van der Waals surface area contributed by atoms with Crippen molar-refractivity contribution >= 4 is 36.7 Å². The third kappa shape index (κ3) is 6.10. The Morgan fingerprint density at radius 2 is 1.68 bits per heavy atom. The van der Waals surface area contributed by atoms with Gasteiger partial charge in [0.05, 0.1) is 24.5 Å². The minimum absolute atomic E-state index is 0.181. The second kappa shape index (κ2) is 9.60. The van der Waals surface area contributed by atoms with E-state index in [9.17, 15) is 9.59 Å². The van der Waals surface area contributed by atoms with Crippen molar-refractivity contribution in [2.24, 2.45) is 5.84 Å². The van der Waals surface area contributed by atoms with Crippen molar-refractivity contribution in [1.29, 1.82) is 0 Å². The molecule has 4 aromatic rings. The lowest BCUT2D eigenvalue weighted by Gasteiger charge is -2.66. The van der Waals surface area contributed by atoms with E-state index in [-0.39, 0.29) is 11.4 Å². The quantitative estimate of drug-likeness (QED) is 0.185. The number of nitrogens with one attached hydrogen (secondary N) is 1. The Labute approximate surface area is 231 Å². The summed E-state index contributed by atoms with van der Waals surface area (Å²) >= 11 is 0. The average molecular weight is 572 g/mol. The van der Waals surface area contributed by atoms with Crippen molar-refractivity contribution in [3.05, 3.63) is 84.1 Å². The molecule has 0 radical (unpaired) electrons. The number of ether oxygens (including phenoxy) is 1. The number of nitrogens with two attached hydrogens (primary N) is 1. The molecule has 0 fully saturated rings. The summed E-state index contributed by atoms with van der Waals surface area (Å²) in [6, 6.07) is 14.5. The molecular formula is C29H35F2N5O3S. The number of amides is 2. The van der Waals surface area contributed by atoms with Crippen LogP contribution in [0.5, 0.6) is 5.75 Å². The standard InChI is InChI=1S/C29H35F2N5O3S/c1-39-21-13-11-19(12-14-21)28(34-27(37)18-35-24-10-8-7-9-20(24)17-33-35)29(38)36(32)25-15-23(31)26(16-22(25)30)40(2,3,4,5)6/h7-17,28H,18,32H2,1-6H3,(H,34,37). The van der Waals surface area contributed by atoms with Crippen molar-refractivity contribution in [2.45, 2.75) is 17.5 Å². The monoisotopic (exact) mass is 571 g/mol. The van der Waals surface area contributed by atoms with Crippen LogP contribution < -0.4 is 20.9 Å². The van der Waals surface area contributed by atoms with Crippen LogP contribution in [0, 0.1) is 11.6 Å². The summed E-state index contributed by atoms with van der Waals surface area (Å²) in [6.45, 7) is -0.181. The Bertz CT molecular complexity index is 1600. The summed E-state index contributed by atoms with van der Waals surface area (Å²) in [6.07, 6.45) is 11.2. The van der Waals surface area contributed by atoms with Gasteiger partial charge in [0.15, 0.2) is 0 Å². The molecule has 0 aliphatic heterocycles. The van der Waals surface area contributed by atoms with Gasteiger partial charge in [-0.1, -0.05) is 30.3 Å². The van der Waals surface area contributed by atoms with Gasteiger partial charge in [0.2, 0.25) is 5.91 Å². The summed E-state index contributed by atoms with van der Waals surface area (Å²) < 4.78 is 37.5. The van der Waals surface area contributed by atoms with Gasteiger partial charge in [-0.15, -0.1) is 0 Å². The first-order valence-corrected chi connectivity index (χ1v) is 16.9. The minimum Gasteiger partial charge on any atom is -0.497 e. The number of fused-ring (bicyclic) bond motifs is 1. The van der Waals surface area contributed by atoms with Crippen molar-refractivity contribution in [3.63, 3.8) is 0 Å². The lowest BCUT2D eigenvalue weighted by Crippen LogP contribution is -2.47. The summed E-state index contributed by atoms with van der Waals surface area (Å²) in [4.78, 5) is 27.0. The van der Waals surface area contributed by atoms with Gasteiger partial charge in [-0.2, -0.15) is 5.10 Å². The molecule has 3 N–H and O–H groups in total. The molecule has 3 aromatic carbocycles. The molecule has 1 aromatic heterocycles. The van der Waals surface area contributed by atoms with E-state index in [1.54, 1.807) is 30.5 Å². The maximum absolute atomic E-state index is 15.4. The summed E-state index contributed by atoms with van der Waals surface area (Å²) in [7, 11) is -1.61. The minimum atomic E-state index is -3.11. The van der Waals surface area contributed by atoms with E-state index in [1.807, 2.05) is 55.5 Å². The molecule has 0 aliphatic rings. The number of nitrogens with zero attached hydrogens (tertiary/aromatic N) is 3. The lowest BCUT2D eigenvalue weighted by atomic mass is 10.1. The van der Waals surface area contributed by atoms with Gasteiger partial charge in [-0.3, -0.25) is 22.6 Å². The first-order valence-electron chi connectivity index (χ1n) is 12.4. The molecule has 0 saturated heterocycles. The number of carbonyl (C=O) groups excluding carboxylic acids is 2. The van der Waals surface area contributed by atoms with Crippen LogP contribution in [-0.2, 0) is 16.1 Å². The van der Waals surface area contributed by atoms with Crippen LogP contribution >= 0.6 is 8.29 Å². The predicted octanol–water partition coefficient (Wildman–Crippen LogP) is 4.47. The highest BCUT2D eigenvalue weighted by Gasteiger charge is 2.42. The van der Waals surface area contributed by atoms with Crippen LogP contribution in [0.25, 0.3) is 10.9 Å². The van der Waals surface area contributed by atoms with E-state index in [1.165, 1.54) is 11.8 Å².